The first-order valence-corrected chi connectivity index (χ1v) is 10.4. The van der Waals surface area contributed by atoms with E-state index in [1.54, 1.807) is 12.1 Å². The highest BCUT2D eigenvalue weighted by Gasteiger charge is 2.31. The lowest BCUT2D eigenvalue weighted by atomic mass is 10.1. The van der Waals surface area contributed by atoms with Crippen molar-refractivity contribution in [1.82, 2.24) is 24.9 Å². The van der Waals surface area contributed by atoms with E-state index in [1.807, 2.05) is 0 Å². The molecule has 4 aromatic rings. The molecule has 9 nitrogen and oxygen atoms in total. The average Bonchev–Trinajstić information content (AvgIpc) is 3.20. The van der Waals surface area contributed by atoms with Gasteiger partial charge in [0.2, 0.25) is 5.91 Å². The number of fused-ring (bicyclic) bond motifs is 1. The summed E-state index contributed by atoms with van der Waals surface area (Å²) in [6, 6.07) is 6.40. The normalized spacial score (nSPS) is 12.3. The van der Waals surface area contributed by atoms with E-state index in [1.165, 1.54) is 43.0 Å². The monoisotopic (exact) mass is 502 g/mol. The molecule has 0 aliphatic heterocycles. The van der Waals surface area contributed by atoms with Crippen molar-refractivity contribution >= 4 is 23.3 Å². The van der Waals surface area contributed by atoms with Crippen molar-refractivity contribution in [2.24, 2.45) is 0 Å². The molecular formula is C23H18F4N6O3. The zero-order valence-corrected chi connectivity index (χ0v) is 18.8. The molecule has 2 amide bonds. The Morgan fingerprint density at radius 2 is 1.89 bits per heavy atom. The van der Waals surface area contributed by atoms with Crippen molar-refractivity contribution in [3.05, 3.63) is 71.9 Å². The highest BCUT2D eigenvalue weighted by molar-refractivity contribution is 5.95. The second kappa shape index (κ2) is 9.60. The van der Waals surface area contributed by atoms with Gasteiger partial charge < -0.3 is 15.4 Å². The van der Waals surface area contributed by atoms with E-state index >= 15 is 0 Å². The SMILES string of the molecule is CC(=O)Nc1cn2nc(-c3cncc(C(=O)N[C@H](C)c4cc(OC(F)(F)F)ccc4F)c3)ccc2n1. The van der Waals surface area contributed by atoms with Gasteiger partial charge in [-0.05, 0) is 43.3 Å². The molecule has 0 unspecified atom stereocenters. The second-order valence-electron chi connectivity index (χ2n) is 7.72. The molecule has 0 aliphatic rings. The fourth-order valence-corrected chi connectivity index (χ4v) is 3.39. The number of hydrogen-bond acceptors (Lipinski definition) is 6. The molecular weight excluding hydrogens is 484 g/mol. The lowest BCUT2D eigenvalue weighted by Gasteiger charge is -2.17. The molecule has 186 valence electrons. The predicted molar refractivity (Wildman–Crippen MR) is 119 cm³/mol. The third-order valence-electron chi connectivity index (χ3n) is 4.94. The molecule has 0 radical (unpaired) electrons. The highest BCUT2D eigenvalue weighted by atomic mass is 19.4. The van der Waals surface area contributed by atoms with Crippen LogP contribution < -0.4 is 15.4 Å². The number of carbonyl (C=O) groups is 2. The van der Waals surface area contributed by atoms with Crippen LogP contribution in [0.25, 0.3) is 16.9 Å². The van der Waals surface area contributed by atoms with E-state index in [0.29, 0.717) is 22.7 Å². The smallest absolute Gasteiger partial charge is 0.406 e. The Balaban J connectivity index is 1.53. The van der Waals surface area contributed by atoms with Crippen LogP contribution in [-0.2, 0) is 4.79 Å². The maximum Gasteiger partial charge on any atom is 0.573 e. The number of halogens is 4. The van der Waals surface area contributed by atoms with Crippen molar-refractivity contribution in [1.29, 1.82) is 0 Å². The number of ether oxygens (including phenoxy) is 1. The Bertz CT molecular complexity index is 1450. The molecule has 1 atom stereocenters. The topological polar surface area (TPSA) is 111 Å². The molecule has 36 heavy (non-hydrogen) atoms. The number of nitrogens with zero attached hydrogens (tertiary/aromatic N) is 4. The molecule has 13 heteroatoms. The number of hydrogen-bond donors (Lipinski definition) is 2. The number of benzene rings is 1. The van der Waals surface area contributed by atoms with Crippen LogP contribution in [0.1, 0.15) is 35.8 Å². The molecule has 4 rings (SSSR count). The largest absolute Gasteiger partial charge is 0.573 e. The maximum absolute atomic E-state index is 14.3. The van der Waals surface area contributed by atoms with Gasteiger partial charge in [-0.3, -0.25) is 14.6 Å². The minimum atomic E-state index is -4.94. The van der Waals surface area contributed by atoms with Gasteiger partial charge in [-0.1, -0.05) is 0 Å². The quantitative estimate of drug-likeness (QED) is 0.381. The highest BCUT2D eigenvalue weighted by Crippen LogP contribution is 2.28. The molecule has 3 aromatic heterocycles. The van der Waals surface area contributed by atoms with Crippen LogP contribution in [0, 0.1) is 5.82 Å². The van der Waals surface area contributed by atoms with Crippen LogP contribution in [0.15, 0.2) is 55.0 Å². The van der Waals surface area contributed by atoms with Crippen molar-refractivity contribution in [2.75, 3.05) is 5.32 Å². The van der Waals surface area contributed by atoms with Gasteiger partial charge >= 0.3 is 6.36 Å². The Hall–Kier alpha value is -4.55. The summed E-state index contributed by atoms with van der Waals surface area (Å²) in [4.78, 5) is 32.3. The lowest BCUT2D eigenvalue weighted by molar-refractivity contribution is -0.274. The Morgan fingerprint density at radius 1 is 1.11 bits per heavy atom. The minimum absolute atomic E-state index is 0.119. The number of carbonyl (C=O) groups excluding carboxylic acids is 2. The number of nitrogens with one attached hydrogen (secondary N) is 2. The van der Waals surface area contributed by atoms with Gasteiger partial charge in [0.25, 0.3) is 5.91 Å². The van der Waals surface area contributed by atoms with Crippen molar-refractivity contribution in [3.63, 3.8) is 0 Å². The molecule has 0 saturated carbocycles. The lowest BCUT2D eigenvalue weighted by Crippen LogP contribution is -2.27. The van der Waals surface area contributed by atoms with Crippen molar-refractivity contribution < 1.29 is 31.9 Å². The maximum atomic E-state index is 14.3. The van der Waals surface area contributed by atoms with Gasteiger partial charge in [-0.15, -0.1) is 13.2 Å². The molecule has 0 aliphatic carbocycles. The number of amides is 2. The first-order valence-electron chi connectivity index (χ1n) is 10.4. The molecule has 3 heterocycles. The third kappa shape index (κ3) is 5.74. The number of imidazole rings is 1. The summed E-state index contributed by atoms with van der Waals surface area (Å²) in [5, 5.41) is 9.51. The fraction of sp³-hybridized carbons (Fsp3) is 0.174. The molecule has 0 saturated heterocycles. The van der Waals surface area contributed by atoms with Crippen LogP contribution in [0.5, 0.6) is 5.75 Å². The summed E-state index contributed by atoms with van der Waals surface area (Å²) in [5.74, 6) is -2.00. The number of rotatable bonds is 6. The van der Waals surface area contributed by atoms with Gasteiger partial charge in [-0.25, -0.2) is 13.9 Å². The van der Waals surface area contributed by atoms with Crippen LogP contribution >= 0.6 is 0 Å². The van der Waals surface area contributed by atoms with E-state index in [2.05, 4.69) is 30.4 Å². The zero-order valence-electron chi connectivity index (χ0n) is 18.8. The average molecular weight is 502 g/mol. The second-order valence-corrected chi connectivity index (χ2v) is 7.72. The first-order chi connectivity index (χ1) is 17.0. The van der Waals surface area contributed by atoms with Crippen LogP contribution in [0.4, 0.5) is 23.4 Å². The van der Waals surface area contributed by atoms with Gasteiger partial charge in [0.1, 0.15) is 11.6 Å². The van der Waals surface area contributed by atoms with E-state index < -0.39 is 29.9 Å². The molecule has 0 bridgehead atoms. The van der Waals surface area contributed by atoms with Crippen LogP contribution in [0.3, 0.4) is 0 Å². The summed E-state index contributed by atoms with van der Waals surface area (Å²) in [6.07, 6.45) is -0.641. The van der Waals surface area contributed by atoms with E-state index in [-0.39, 0.29) is 17.0 Å². The fourth-order valence-electron chi connectivity index (χ4n) is 3.39. The van der Waals surface area contributed by atoms with Gasteiger partial charge in [-0.2, -0.15) is 5.10 Å². The Labute approximate surface area is 201 Å². The standard InChI is InChI=1S/C23H18F4N6O3/c1-12(17-8-16(3-4-18(17)24)36-23(25,26)27)29-22(35)15-7-14(9-28-10-15)19-5-6-21-31-20(30-13(2)34)11-33(21)32-19/h3-12H,1-2H3,(H,29,35)(H,30,34)/t12-/m1/s1. The minimum Gasteiger partial charge on any atom is -0.406 e. The summed E-state index contributed by atoms with van der Waals surface area (Å²) >= 11 is 0. The van der Waals surface area contributed by atoms with Gasteiger partial charge in [0, 0.05) is 30.4 Å². The van der Waals surface area contributed by atoms with Crippen LogP contribution in [0.2, 0.25) is 0 Å². The summed E-state index contributed by atoms with van der Waals surface area (Å²) in [7, 11) is 0. The Kier molecular flexibility index (Phi) is 6.55. The zero-order chi connectivity index (χ0) is 26.0. The van der Waals surface area contributed by atoms with Gasteiger partial charge in [0.05, 0.1) is 23.5 Å². The summed E-state index contributed by atoms with van der Waals surface area (Å²) < 4.78 is 57.0. The number of pyridine rings is 1. The van der Waals surface area contributed by atoms with E-state index in [0.717, 1.165) is 18.2 Å². The number of aromatic nitrogens is 4. The van der Waals surface area contributed by atoms with Crippen molar-refractivity contribution in [3.8, 4) is 17.0 Å². The molecule has 1 aromatic carbocycles. The van der Waals surface area contributed by atoms with E-state index in [9.17, 15) is 27.2 Å². The molecule has 0 fully saturated rings. The molecule has 0 spiro atoms. The first kappa shape index (κ1) is 24.6. The number of anilines is 1. The molecule has 2 N–H and O–H groups in total. The summed E-state index contributed by atoms with van der Waals surface area (Å²) in [6.45, 7) is 2.78. The predicted octanol–water partition coefficient (Wildman–Crippen LogP) is 4.28. The van der Waals surface area contributed by atoms with Crippen LogP contribution in [-0.4, -0.2) is 37.8 Å². The third-order valence-corrected chi connectivity index (χ3v) is 4.94. The van der Waals surface area contributed by atoms with Crippen molar-refractivity contribution in [2.45, 2.75) is 26.3 Å². The number of alkyl halides is 3. The summed E-state index contributed by atoms with van der Waals surface area (Å²) in [5.41, 5.74) is 1.36. The van der Waals surface area contributed by atoms with E-state index in [4.69, 9.17) is 0 Å². The van der Waals surface area contributed by atoms with Gasteiger partial charge in [0.15, 0.2) is 11.5 Å². The Morgan fingerprint density at radius 3 is 2.61 bits per heavy atom.